The van der Waals surface area contributed by atoms with Gasteiger partial charge in [0.05, 0.1) is 5.92 Å². The molecule has 1 heterocycles. The van der Waals surface area contributed by atoms with Crippen LogP contribution in [0.15, 0.2) is 41.5 Å². The van der Waals surface area contributed by atoms with E-state index in [4.69, 9.17) is 0 Å². The van der Waals surface area contributed by atoms with Gasteiger partial charge in [0.25, 0.3) is 0 Å². The van der Waals surface area contributed by atoms with Crippen LogP contribution in [0.1, 0.15) is 11.5 Å². The number of hydrogen-bond donors (Lipinski definition) is 1. The molecule has 0 aliphatic carbocycles. The van der Waals surface area contributed by atoms with E-state index >= 15 is 0 Å². The Labute approximate surface area is 76.1 Å². The monoisotopic (exact) mass is 178 g/mol. The van der Waals surface area contributed by atoms with E-state index in [9.17, 15) is 5.11 Å². The number of thioether (sulfide) groups is 1. The second kappa shape index (κ2) is 3.23. The second-order valence-corrected chi connectivity index (χ2v) is 3.74. The summed E-state index contributed by atoms with van der Waals surface area (Å²) in [5, 5.41) is 11.3. The third-order valence-electron chi connectivity index (χ3n) is 2.03. The molecule has 1 aromatic rings. The van der Waals surface area contributed by atoms with Gasteiger partial charge >= 0.3 is 0 Å². The maximum absolute atomic E-state index is 9.48. The molecule has 0 bridgehead atoms. The Hall–Kier alpha value is -0.890. The molecule has 0 saturated heterocycles. The molecule has 0 aromatic heterocycles. The lowest BCUT2D eigenvalue weighted by Gasteiger charge is -2.08. The Bertz CT molecular complexity index is 292. The van der Waals surface area contributed by atoms with Crippen molar-refractivity contribution in [3.05, 3.63) is 47.1 Å². The Morgan fingerprint density at radius 2 is 2.00 bits per heavy atom. The van der Waals surface area contributed by atoms with Crippen LogP contribution in [0.2, 0.25) is 0 Å². The maximum atomic E-state index is 9.48. The molecular formula is C10H10OS. The van der Waals surface area contributed by atoms with Crippen molar-refractivity contribution in [3.63, 3.8) is 0 Å². The van der Waals surface area contributed by atoms with Crippen molar-refractivity contribution in [1.29, 1.82) is 0 Å². The summed E-state index contributed by atoms with van der Waals surface area (Å²) in [7, 11) is 0. The van der Waals surface area contributed by atoms with Crippen molar-refractivity contribution in [2.75, 3.05) is 5.75 Å². The first-order valence-electron chi connectivity index (χ1n) is 3.93. The quantitative estimate of drug-likeness (QED) is 0.713. The Morgan fingerprint density at radius 3 is 2.58 bits per heavy atom. The summed E-state index contributed by atoms with van der Waals surface area (Å²) in [6.45, 7) is 0. The highest BCUT2D eigenvalue weighted by Crippen LogP contribution is 2.34. The molecule has 0 amide bonds. The molecular weight excluding hydrogens is 168 g/mol. The van der Waals surface area contributed by atoms with Crippen molar-refractivity contribution >= 4 is 11.8 Å². The van der Waals surface area contributed by atoms with Crippen molar-refractivity contribution in [3.8, 4) is 0 Å². The largest absolute Gasteiger partial charge is 0.511 e. The fourth-order valence-corrected chi connectivity index (χ4v) is 2.34. The molecule has 1 atom stereocenters. The number of hydrogen-bond acceptors (Lipinski definition) is 2. The van der Waals surface area contributed by atoms with Crippen LogP contribution in [0.3, 0.4) is 0 Å². The van der Waals surface area contributed by atoms with Crippen molar-refractivity contribution < 1.29 is 5.11 Å². The Morgan fingerprint density at radius 1 is 1.25 bits per heavy atom. The first-order valence-corrected chi connectivity index (χ1v) is 4.98. The zero-order valence-electron chi connectivity index (χ0n) is 6.60. The minimum absolute atomic E-state index is 0.219. The highest BCUT2D eigenvalue weighted by Gasteiger charge is 2.20. The van der Waals surface area contributed by atoms with E-state index in [1.807, 2.05) is 23.6 Å². The van der Waals surface area contributed by atoms with E-state index in [1.165, 1.54) is 5.56 Å². The summed E-state index contributed by atoms with van der Waals surface area (Å²) in [4.78, 5) is 0. The van der Waals surface area contributed by atoms with Gasteiger partial charge in [-0.2, -0.15) is 0 Å². The first-order chi connectivity index (χ1) is 5.88. The third kappa shape index (κ3) is 1.34. The normalized spacial score (nSPS) is 22.3. The first kappa shape index (κ1) is 7.74. The molecule has 0 spiro atoms. The van der Waals surface area contributed by atoms with Crippen LogP contribution in [0, 0.1) is 0 Å². The fraction of sp³-hybridized carbons (Fsp3) is 0.200. The summed E-state index contributed by atoms with van der Waals surface area (Å²) in [6, 6.07) is 10.1. The van der Waals surface area contributed by atoms with Crippen LogP contribution in [0.5, 0.6) is 0 Å². The average molecular weight is 178 g/mol. The Kier molecular flexibility index (Phi) is 2.09. The number of aliphatic hydroxyl groups excluding tert-OH is 1. The zero-order valence-corrected chi connectivity index (χ0v) is 7.42. The van der Waals surface area contributed by atoms with E-state index < -0.39 is 0 Å². The molecule has 0 saturated carbocycles. The topological polar surface area (TPSA) is 20.2 Å². The molecule has 1 aliphatic rings. The van der Waals surface area contributed by atoms with Gasteiger partial charge in [0, 0.05) is 11.2 Å². The van der Waals surface area contributed by atoms with Crippen molar-refractivity contribution in [2.45, 2.75) is 5.92 Å². The Balaban J connectivity index is 2.27. The third-order valence-corrected chi connectivity index (χ3v) is 2.96. The summed E-state index contributed by atoms with van der Waals surface area (Å²) < 4.78 is 0. The highest BCUT2D eigenvalue weighted by molar-refractivity contribution is 8.02. The molecule has 1 aliphatic heterocycles. The van der Waals surface area contributed by atoms with Gasteiger partial charge in [-0.3, -0.25) is 0 Å². The van der Waals surface area contributed by atoms with E-state index in [1.54, 1.807) is 11.8 Å². The van der Waals surface area contributed by atoms with Crippen LogP contribution in [0.25, 0.3) is 0 Å². The van der Waals surface area contributed by atoms with E-state index in [0.717, 1.165) is 5.75 Å². The lowest BCUT2D eigenvalue weighted by atomic mass is 10.0. The van der Waals surface area contributed by atoms with Gasteiger partial charge in [0.1, 0.15) is 5.76 Å². The number of rotatable bonds is 1. The summed E-state index contributed by atoms with van der Waals surface area (Å²) in [5.41, 5.74) is 1.20. The molecule has 62 valence electrons. The van der Waals surface area contributed by atoms with Crippen LogP contribution in [0.4, 0.5) is 0 Å². The molecule has 0 fully saturated rings. The van der Waals surface area contributed by atoms with Crippen LogP contribution in [-0.2, 0) is 0 Å². The van der Waals surface area contributed by atoms with E-state index in [-0.39, 0.29) is 5.92 Å². The molecule has 1 aromatic carbocycles. The predicted molar refractivity (Wildman–Crippen MR) is 52.4 cm³/mol. The number of allylic oxidation sites excluding steroid dienone is 1. The van der Waals surface area contributed by atoms with Gasteiger partial charge in [-0.25, -0.2) is 0 Å². The van der Waals surface area contributed by atoms with Gasteiger partial charge in [-0.15, -0.1) is 11.8 Å². The molecule has 1 unspecified atom stereocenters. The van der Waals surface area contributed by atoms with Crippen molar-refractivity contribution in [1.82, 2.24) is 0 Å². The van der Waals surface area contributed by atoms with E-state index in [2.05, 4.69) is 12.1 Å². The van der Waals surface area contributed by atoms with Gasteiger partial charge in [0.15, 0.2) is 0 Å². The molecule has 1 nitrogen and oxygen atoms in total. The molecule has 0 radical (unpaired) electrons. The second-order valence-electron chi connectivity index (χ2n) is 2.84. The van der Waals surface area contributed by atoms with Crippen LogP contribution >= 0.6 is 11.8 Å². The van der Waals surface area contributed by atoms with Gasteiger partial charge in [-0.05, 0) is 5.56 Å². The van der Waals surface area contributed by atoms with Crippen LogP contribution in [-0.4, -0.2) is 10.9 Å². The van der Waals surface area contributed by atoms with Gasteiger partial charge < -0.3 is 5.11 Å². The molecule has 12 heavy (non-hydrogen) atoms. The molecule has 2 heteroatoms. The van der Waals surface area contributed by atoms with E-state index in [0.29, 0.717) is 5.76 Å². The predicted octanol–water partition coefficient (Wildman–Crippen LogP) is 2.92. The zero-order chi connectivity index (χ0) is 8.39. The summed E-state index contributed by atoms with van der Waals surface area (Å²) in [5.74, 6) is 1.69. The average Bonchev–Trinajstić information content (AvgIpc) is 2.53. The fourth-order valence-electron chi connectivity index (χ4n) is 1.35. The summed E-state index contributed by atoms with van der Waals surface area (Å²) in [6.07, 6.45) is 0. The van der Waals surface area contributed by atoms with Gasteiger partial charge in [-0.1, -0.05) is 30.3 Å². The van der Waals surface area contributed by atoms with Crippen molar-refractivity contribution in [2.24, 2.45) is 0 Å². The lowest BCUT2D eigenvalue weighted by Crippen LogP contribution is -1.99. The maximum Gasteiger partial charge on any atom is 0.107 e. The highest BCUT2D eigenvalue weighted by atomic mass is 32.2. The smallest absolute Gasteiger partial charge is 0.107 e. The SMILES string of the molecule is OC1=CSCC1c1ccccc1. The number of aliphatic hydroxyl groups is 1. The summed E-state index contributed by atoms with van der Waals surface area (Å²) >= 11 is 1.67. The number of benzene rings is 1. The lowest BCUT2D eigenvalue weighted by molar-refractivity contribution is 0.381. The van der Waals surface area contributed by atoms with Gasteiger partial charge in [0.2, 0.25) is 0 Å². The standard InChI is InChI=1S/C10H10OS/c11-10-7-12-6-9(10)8-4-2-1-3-5-8/h1-5,7,9,11H,6H2. The molecule has 2 rings (SSSR count). The molecule has 1 N–H and O–H groups in total. The minimum Gasteiger partial charge on any atom is -0.511 e. The minimum atomic E-state index is 0.219. The van der Waals surface area contributed by atoms with Crippen LogP contribution < -0.4 is 0 Å².